The van der Waals surface area contributed by atoms with Gasteiger partial charge in [0.15, 0.2) is 29.0 Å². The molecule has 0 spiro atoms. The number of ether oxygens (including phenoxy) is 4. The average molecular weight is 457 g/mol. The first-order valence-corrected chi connectivity index (χ1v) is 7.37. The molecule has 0 amide bonds. The Morgan fingerprint density at radius 3 is 2.60 bits per heavy atom. The van der Waals surface area contributed by atoms with Gasteiger partial charge < -0.3 is 30.0 Å². The minimum Gasteiger partial charge on any atom is -0.493 e. The highest BCUT2D eigenvalue weighted by Crippen LogP contribution is 2.32. The third-order valence-electron chi connectivity index (χ3n) is 3.52. The summed E-state index contributed by atoms with van der Waals surface area (Å²) in [5.74, 6) is 3.05. The molecule has 0 aromatic heterocycles. The molecule has 0 radical (unpaired) electrons. The third-order valence-corrected chi connectivity index (χ3v) is 3.52. The quantitative estimate of drug-likeness (QED) is 0.408. The monoisotopic (exact) mass is 457 g/mol. The van der Waals surface area contributed by atoms with Crippen LogP contribution < -0.4 is 30.0 Å². The fraction of sp³-hybridized carbons (Fsp3) is 0.235. The van der Waals surface area contributed by atoms with E-state index in [2.05, 4.69) is 10.3 Å². The Kier molecular flexibility index (Phi) is 6.57. The molecule has 134 valence electrons. The van der Waals surface area contributed by atoms with Crippen molar-refractivity contribution in [2.75, 3.05) is 26.3 Å². The Morgan fingerprint density at radius 2 is 1.84 bits per heavy atom. The number of benzene rings is 2. The lowest BCUT2D eigenvalue weighted by Gasteiger charge is -2.11. The maximum absolute atomic E-state index is 5.94. The lowest BCUT2D eigenvalue weighted by atomic mass is 10.2. The summed E-state index contributed by atoms with van der Waals surface area (Å²) in [5.41, 5.74) is 7.69. The van der Waals surface area contributed by atoms with Gasteiger partial charge in [-0.05, 0) is 29.8 Å². The van der Waals surface area contributed by atoms with Gasteiger partial charge in [-0.3, -0.25) is 0 Å². The minimum atomic E-state index is 0. The van der Waals surface area contributed by atoms with Crippen LogP contribution in [0, 0.1) is 0 Å². The summed E-state index contributed by atoms with van der Waals surface area (Å²) < 4.78 is 21.1. The molecule has 3 N–H and O–H groups in total. The fourth-order valence-electron chi connectivity index (χ4n) is 2.32. The number of methoxy groups -OCH3 is 2. The first kappa shape index (κ1) is 19.0. The van der Waals surface area contributed by atoms with Crippen LogP contribution in [-0.2, 0) is 6.54 Å². The average Bonchev–Trinajstić information content (AvgIpc) is 3.07. The summed E-state index contributed by atoms with van der Waals surface area (Å²) >= 11 is 0. The van der Waals surface area contributed by atoms with Crippen LogP contribution in [0.3, 0.4) is 0 Å². The molecule has 25 heavy (non-hydrogen) atoms. The van der Waals surface area contributed by atoms with Crippen LogP contribution in [0.5, 0.6) is 23.0 Å². The molecule has 7 nitrogen and oxygen atoms in total. The number of hydrogen-bond donors (Lipinski definition) is 2. The standard InChI is InChI=1S/C17H19N3O4.HI/c1-21-13-6-4-12(8-15(13)22-2)20-17(18)19-9-11-3-5-14-16(7-11)24-10-23-14;/h3-8H,9-10H2,1-2H3,(H3,18,19,20);1H. The molecule has 0 saturated heterocycles. The second-order valence-corrected chi connectivity index (χ2v) is 5.08. The van der Waals surface area contributed by atoms with Gasteiger partial charge >= 0.3 is 0 Å². The summed E-state index contributed by atoms with van der Waals surface area (Å²) in [7, 11) is 3.17. The number of aliphatic imine (C=N–C) groups is 1. The number of nitrogens with two attached hydrogens (primary N) is 1. The molecule has 1 aliphatic rings. The summed E-state index contributed by atoms with van der Waals surface area (Å²) in [6.45, 7) is 0.688. The third kappa shape index (κ3) is 4.59. The van der Waals surface area contributed by atoms with Gasteiger partial charge in [0.1, 0.15) is 0 Å². The van der Waals surface area contributed by atoms with Crippen molar-refractivity contribution in [3.8, 4) is 23.0 Å². The second kappa shape index (κ2) is 8.65. The Hall–Kier alpha value is -2.36. The van der Waals surface area contributed by atoms with Crippen molar-refractivity contribution in [3.63, 3.8) is 0 Å². The number of anilines is 1. The van der Waals surface area contributed by atoms with Crippen molar-refractivity contribution < 1.29 is 18.9 Å². The number of fused-ring (bicyclic) bond motifs is 1. The van der Waals surface area contributed by atoms with Crippen molar-refractivity contribution >= 4 is 35.6 Å². The van der Waals surface area contributed by atoms with Crippen molar-refractivity contribution in [1.82, 2.24) is 0 Å². The zero-order valence-corrected chi connectivity index (χ0v) is 16.3. The maximum atomic E-state index is 5.94. The van der Waals surface area contributed by atoms with Crippen LogP contribution in [0.4, 0.5) is 5.69 Å². The van der Waals surface area contributed by atoms with Crippen molar-refractivity contribution in [2.45, 2.75) is 6.54 Å². The van der Waals surface area contributed by atoms with E-state index >= 15 is 0 Å². The molecule has 0 atom stereocenters. The van der Waals surface area contributed by atoms with Crippen molar-refractivity contribution in [1.29, 1.82) is 0 Å². The van der Waals surface area contributed by atoms with E-state index in [1.807, 2.05) is 24.3 Å². The van der Waals surface area contributed by atoms with E-state index in [0.29, 0.717) is 24.0 Å². The van der Waals surface area contributed by atoms with E-state index in [1.165, 1.54) is 0 Å². The number of halogens is 1. The predicted molar refractivity (Wildman–Crippen MR) is 106 cm³/mol. The van der Waals surface area contributed by atoms with Gasteiger partial charge in [0.2, 0.25) is 6.79 Å². The Balaban J connectivity index is 0.00000225. The largest absolute Gasteiger partial charge is 0.493 e. The smallest absolute Gasteiger partial charge is 0.231 e. The molecule has 0 aliphatic carbocycles. The molecule has 1 aliphatic heterocycles. The number of guanidine groups is 1. The van der Waals surface area contributed by atoms with Gasteiger partial charge in [-0.15, -0.1) is 24.0 Å². The lowest BCUT2D eigenvalue weighted by Crippen LogP contribution is -2.22. The summed E-state index contributed by atoms with van der Waals surface area (Å²) in [4.78, 5) is 4.33. The van der Waals surface area contributed by atoms with Crippen LogP contribution in [-0.4, -0.2) is 27.0 Å². The summed E-state index contributed by atoms with van der Waals surface area (Å²) in [5, 5.41) is 3.03. The van der Waals surface area contributed by atoms with Crippen LogP contribution in [0.25, 0.3) is 0 Å². The SMILES string of the molecule is COc1ccc(NC(N)=NCc2ccc3c(c2)OCO3)cc1OC.I. The van der Waals surface area contributed by atoms with Crippen LogP contribution in [0.15, 0.2) is 41.4 Å². The topological polar surface area (TPSA) is 87.3 Å². The van der Waals surface area contributed by atoms with Gasteiger partial charge in [-0.2, -0.15) is 0 Å². The van der Waals surface area contributed by atoms with Gasteiger partial charge in [0, 0.05) is 11.8 Å². The zero-order chi connectivity index (χ0) is 16.9. The molecule has 2 aromatic rings. The molecular weight excluding hydrogens is 437 g/mol. The Labute approximate surface area is 163 Å². The van der Waals surface area contributed by atoms with E-state index < -0.39 is 0 Å². The molecule has 0 fully saturated rings. The lowest BCUT2D eigenvalue weighted by molar-refractivity contribution is 0.174. The van der Waals surface area contributed by atoms with E-state index in [9.17, 15) is 0 Å². The van der Waals surface area contributed by atoms with E-state index in [4.69, 9.17) is 24.7 Å². The molecule has 1 heterocycles. The number of nitrogens with zero attached hydrogens (tertiary/aromatic N) is 1. The summed E-state index contributed by atoms with van der Waals surface area (Å²) in [6.07, 6.45) is 0. The molecular formula is C17H20IN3O4. The number of nitrogens with one attached hydrogen (secondary N) is 1. The fourth-order valence-corrected chi connectivity index (χ4v) is 2.32. The number of hydrogen-bond acceptors (Lipinski definition) is 5. The second-order valence-electron chi connectivity index (χ2n) is 5.08. The van der Waals surface area contributed by atoms with Crippen LogP contribution >= 0.6 is 24.0 Å². The van der Waals surface area contributed by atoms with E-state index in [1.54, 1.807) is 26.4 Å². The minimum absolute atomic E-state index is 0. The molecule has 2 aromatic carbocycles. The molecule has 0 saturated carbocycles. The summed E-state index contributed by atoms with van der Waals surface area (Å²) in [6, 6.07) is 11.1. The molecule has 3 rings (SSSR count). The zero-order valence-electron chi connectivity index (χ0n) is 13.9. The van der Waals surface area contributed by atoms with Gasteiger partial charge in [-0.1, -0.05) is 6.07 Å². The first-order valence-electron chi connectivity index (χ1n) is 7.37. The van der Waals surface area contributed by atoms with Gasteiger partial charge in [-0.25, -0.2) is 4.99 Å². The first-order chi connectivity index (χ1) is 11.7. The predicted octanol–water partition coefficient (Wildman–Crippen LogP) is 2.98. The van der Waals surface area contributed by atoms with Crippen molar-refractivity contribution in [2.24, 2.45) is 10.7 Å². The molecule has 0 unspecified atom stereocenters. The highest BCUT2D eigenvalue weighted by atomic mass is 127. The highest BCUT2D eigenvalue weighted by molar-refractivity contribution is 14.0. The number of rotatable bonds is 5. The Bertz CT molecular complexity index is 768. The normalized spacial score (nSPS) is 12.3. The molecule has 8 heteroatoms. The van der Waals surface area contributed by atoms with Gasteiger partial charge in [0.25, 0.3) is 0 Å². The highest BCUT2D eigenvalue weighted by Gasteiger charge is 2.12. The van der Waals surface area contributed by atoms with E-state index in [-0.39, 0.29) is 30.8 Å². The van der Waals surface area contributed by atoms with Crippen LogP contribution in [0.2, 0.25) is 0 Å². The Morgan fingerprint density at radius 1 is 1.08 bits per heavy atom. The molecule has 0 bridgehead atoms. The van der Waals surface area contributed by atoms with E-state index in [0.717, 1.165) is 22.7 Å². The van der Waals surface area contributed by atoms with Crippen molar-refractivity contribution in [3.05, 3.63) is 42.0 Å². The maximum Gasteiger partial charge on any atom is 0.231 e. The van der Waals surface area contributed by atoms with Crippen LogP contribution in [0.1, 0.15) is 5.56 Å². The van der Waals surface area contributed by atoms with Gasteiger partial charge in [0.05, 0.1) is 20.8 Å².